The van der Waals surface area contributed by atoms with E-state index in [2.05, 4.69) is 5.32 Å². The van der Waals surface area contributed by atoms with Crippen molar-refractivity contribution in [2.45, 2.75) is 13.3 Å². The van der Waals surface area contributed by atoms with E-state index < -0.39 is 9.84 Å². The molecule has 0 unspecified atom stereocenters. The summed E-state index contributed by atoms with van der Waals surface area (Å²) in [5.74, 6) is 0.440. The first-order valence-corrected chi connectivity index (χ1v) is 8.64. The summed E-state index contributed by atoms with van der Waals surface area (Å²) in [6.45, 7) is 5.71. The van der Waals surface area contributed by atoms with Crippen molar-refractivity contribution in [2.24, 2.45) is 0 Å². The zero-order valence-corrected chi connectivity index (χ0v) is 12.7. The highest BCUT2D eigenvalue weighted by molar-refractivity contribution is 7.91. The third-order valence-electron chi connectivity index (χ3n) is 3.17. The van der Waals surface area contributed by atoms with Gasteiger partial charge in [-0.2, -0.15) is 0 Å². The van der Waals surface area contributed by atoms with Crippen molar-refractivity contribution in [1.29, 1.82) is 0 Å². The Morgan fingerprint density at radius 3 is 2.47 bits per heavy atom. The van der Waals surface area contributed by atoms with E-state index in [0.29, 0.717) is 19.5 Å². The van der Waals surface area contributed by atoms with Gasteiger partial charge in [-0.15, -0.1) is 0 Å². The maximum Gasteiger partial charge on any atom is 0.236 e. The fraction of sp³-hybridized carbons (Fsp3) is 0.917. The van der Waals surface area contributed by atoms with Crippen LogP contribution in [0.5, 0.6) is 0 Å². The van der Waals surface area contributed by atoms with Crippen LogP contribution >= 0.6 is 0 Å². The number of nitrogens with zero attached hydrogens (tertiary/aromatic N) is 2. The summed E-state index contributed by atoms with van der Waals surface area (Å²) in [4.78, 5) is 15.6. The van der Waals surface area contributed by atoms with Crippen molar-refractivity contribution in [3.05, 3.63) is 0 Å². The molecule has 0 bridgehead atoms. The minimum Gasteiger partial charge on any atom is -0.339 e. The van der Waals surface area contributed by atoms with Crippen molar-refractivity contribution >= 4 is 15.7 Å². The van der Waals surface area contributed by atoms with E-state index in [4.69, 9.17) is 0 Å². The van der Waals surface area contributed by atoms with Crippen LogP contribution in [0.15, 0.2) is 0 Å². The summed E-state index contributed by atoms with van der Waals surface area (Å²) in [6, 6.07) is 0. The number of amides is 1. The van der Waals surface area contributed by atoms with E-state index in [-0.39, 0.29) is 17.4 Å². The van der Waals surface area contributed by atoms with Crippen LogP contribution in [0.3, 0.4) is 0 Å². The topological polar surface area (TPSA) is 69.7 Å². The molecule has 0 aromatic heterocycles. The van der Waals surface area contributed by atoms with Gasteiger partial charge in [0, 0.05) is 38.5 Å². The Balaban J connectivity index is 2.30. The average molecular weight is 291 g/mol. The number of rotatable bonds is 7. The molecule has 0 saturated carbocycles. The lowest BCUT2D eigenvalue weighted by Crippen LogP contribution is -2.49. The summed E-state index contributed by atoms with van der Waals surface area (Å²) < 4.78 is 23.2. The van der Waals surface area contributed by atoms with E-state index >= 15 is 0 Å². The number of carbonyl (C=O) groups excluding carboxylic acids is 1. The summed E-state index contributed by atoms with van der Waals surface area (Å²) in [6.07, 6.45) is 0.645. The number of hydrogen-bond acceptors (Lipinski definition) is 5. The first kappa shape index (κ1) is 16.4. The number of hydrogen-bond donors (Lipinski definition) is 1. The molecule has 7 heteroatoms. The largest absolute Gasteiger partial charge is 0.339 e. The summed E-state index contributed by atoms with van der Waals surface area (Å²) in [5.41, 5.74) is 0. The molecule has 6 nitrogen and oxygen atoms in total. The maximum absolute atomic E-state index is 12.0. The molecule has 1 aliphatic heterocycles. The molecule has 0 aliphatic carbocycles. The minimum atomic E-state index is -2.96. The molecule has 1 N–H and O–H groups in total. The zero-order valence-electron chi connectivity index (χ0n) is 11.9. The number of likely N-dealkylation sites (N-methyl/N-ethyl adjacent to an activating group) is 1. The second-order valence-electron chi connectivity index (χ2n) is 5.02. The SMILES string of the molecule is CCCS(=O)(=O)CCN(C)CC(=O)N1CCNCC1. The highest BCUT2D eigenvalue weighted by Crippen LogP contribution is 1.98. The summed E-state index contributed by atoms with van der Waals surface area (Å²) in [5, 5.41) is 3.20. The Hall–Kier alpha value is -0.660. The van der Waals surface area contributed by atoms with Gasteiger partial charge in [0.05, 0.1) is 12.3 Å². The van der Waals surface area contributed by atoms with Crippen LogP contribution < -0.4 is 5.32 Å². The molecule has 1 saturated heterocycles. The predicted octanol–water partition coefficient (Wildman–Crippen LogP) is -0.825. The van der Waals surface area contributed by atoms with Crippen LogP contribution in [-0.2, 0) is 14.6 Å². The molecule has 0 atom stereocenters. The maximum atomic E-state index is 12.0. The van der Waals surface area contributed by atoms with Crippen LogP contribution in [-0.4, -0.2) is 81.9 Å². The van der Waals surface area contributed by atoms with Crippen LogP contribution in [0.4, 0.5) is 0 Å². The van der Waals surface area contributed by atoms with E-state index in [0.717, 1.165) is 26.2 Å². The Labute approximate surface area is 116 Å². The zero-order chi connectivity index (χ0) is 14.3. The highest BCUT2D eigenvalue weighted by atomic mass is 32.2. The molecule has 0 spiro atoms. The van der Waals surface area contributed by atoms with Crippen LogP contribution in [0.2, 0.25) is 0 Å². The fourth-order valence-electron chi connectivity index (χ4n) is 2.03. The molecule has 19 heavy (non-hydrogen) atoms. The Morgan fingerprint density at radius 2 is 1.89 bits per heavy atom. The molecule has 1 fully saturated rings. The number of sulfone groups is 1. The van der Waals surface area contributed by atoms with Crippen molar-refractivity contribution in [2.75, 3.05) is 57.8 Å². The van der Waals surface area contributed by atoms with Gasteiger partial charge in [-0.05, 0) is 13.5 Å². The second-order valence-corrected chi connectivity index (χ2v) is 7.32. The number of carbonyl (C=O) groups is 1. The predicted molar refractivity (Wildman–Crippen MR) is 75.9 cm³/mol. The third-order valence-corrected chi connectivity index (χ3v) is 5.01. The van der Waals surface area contributed by atoms with E-state index in [1.54, 1.807) is 11.9 Å². The van der Waals surface area contributed by atoms with Gasteiger partial charge >= 0.3 is 0 Å². The van der Waals surface area contributed by atoms with Gasteiger partial charge < -0.3 is 10.2 Å². The molecule has 1 aliphatic rings. The minimum absolute atomic E-state index is 0.0805. The lowest BCUT2D eigenvalue weighted by molar-refractivity contribution is -0.132. The first-order chi connectivity index (χ1) is 8.94. The Kier molecular flexibility index (Phi) is 6.74. The van der Waals surface area contributed by atoms with Crippen molar-refractivity contribution in [1.82, 2.24) is 15.1 Å². The molecule has 0 radical (unpaired) electrons. The number of nitrogens with one attached hydrogen (secondary N) is 1. The summed E-state index contributed by atoms with van der Waals surface area (Å²) >= 11 is 0. The fourth-order valence-corrected chi connectivity index (χ4v) is 3.45. The van der Waals surface area contributed by atoms with Crippen molar-refractivity contribution < 1.29 is 13.2 Å². The van der Waals surface area contributed by atoms with E-state index in [9.17, 15) is 13.2 Å². The smallest absolute Gasteiger partial charge is 0.236 e. The van der Waals surface area contributed by atoms with Crippen molar-refractivity contribution in [3.8, 4) is 0 Å². The van der Waals surface area contributed by atoms with Crippen LogP contribution in [0.25, 0.3) is 0 Å². The monoisotopic (exact) mass is 291 g/mol. The van der Waals surface area contributed by atoms with E-state index in [1.165, 1.54) is 0 Å². The lowest BCUT2D eigenvalue weighted by atomic mass is 10.3. The molecular formula is C12H25N3O3S. The van der Waals surface area contributed by atoms with Crippen LogP contribution in [0.1, 0.15) is 13.3 Å². The quantitative estimate of drug-likeness (QED) is 0.663. The van der Waals surface area contributed by atoms with Gasteiger partial charge in [0.2, 0.25) is 5.91 Å². The highest BCUT2D eigenvalue weighted by Gasteiger charge is 2.18. The Morgan fingerprint density at radius 1 is 1.26 bits per heavy atom. The van der Waals surface area contributed by atoms with Gasteiger partial charge in [0.1, 0.15) is 0 Å². The van der Waals surface area contributed by atoms with Gasteiger partial charge in [0.15, 0.2) is 9.84 Å². The molecule has 1 rings (SSSR count). The normalized spacial score (nSPS) is 16.9. The average Bonchev–Trinajstić information content (AvgIpc) is 2.37. The van der Waals surface area contributed by atoms with Gasteiger partial charge in [0.25, 0.3) is 0 Å². The third kappa shape index (κ3) is 6.35. The van der Waals surface area contributed by atoms with Crippen LogP contribution in [0, 0.1) is 0 Å². The number of piperazine rings is 1. The Bertz CT molecular complexity index is 378. The molecule has 112 valence electrons. The summed E-state index contributed by atoms with van der Waals surface area (Å²) in [7, 11) is -1.17. The van der Waals surface area contributed by atoms with E-state index in [1.807, 2.05) is 11.8 Å². The first-order valence-electron chi connectivity index (χ1n) is 6.82. The lowest BCUT2D eigenvalue weighted by Gasteiger charge is -2.29. The van der Waals surface area contributed by atoms with Crippen molar-refractivity contribution in [3.63, 3.8) is 0 Å². The van der Waals surface area contributed by atoms with Gasteiger partial charge in [-0.25, -0.2) is 8.42 Å². The molecular weight excluding hydrogens is 266 g/mol. The standard InChI is InChI=1S/C12H25N3O3S/c1-3-9-19(17,18)10-8-14(2)11-12(16)15-6-4-13-5-7-15/h13H,3-11H2,1-2H3. The molecule has 1 heterocycles. The molecule has 0 aromatic carbocycles. The molecule has 1 amide bonds. The van der Waals surface area contributed by atoms with Gasteiger partial charge in [-0.3, -0.25) is 9.69 Å². The second kappa shape index (κ2) is 7.81. The molecule has 0 aromatic rings. The van der Waals surface area contributed by atoms with Gasteiger partial charge in [-0.1, -0.05) is 6.92 Å².